The molecule has 0 radical (unpaired) electrons. The SMILES string of the molecule is Oc1ccc(SCc2cc(Br)cs2)c2ccccc12. The van der Waals surface area contributed by atoms with E-state index < -0.39 is 0 Å². The molecule has 2 aromatic carbocycles. The van der Waals surface area contributed by atoms with Gasteiger partial charge in [-0.25, -0.2) is 0 Å². The van der Waals surface area contributed by atoms with Gasteiger partial charge in [0.2, 0.25) is 0 Å². The van der Waals surface area contributed by atoms with Gasteiger partial charge in [-0.15, -0.1) is 23.1 Å². The van der Waals surface area contributed by atoms with E-state index in [1.54, 1.807) is 29.2 Å². The Labute approximate surface area is 128 Å². The van der Waals surface area contributed by atoms with Crippen molar-refractivity contribution >= 4 is 49.8 Å². The summed E-state index contributed by atoms with van der Waals surface area (Å²) in [7, 11) is 0. The van der Waals surface area contributed by atoms with Crippen LogP contribution >= 0.6 is 39.0 Å². The zero-order chi connectivity index (χ0) is 13.2. The minimum Gasteiger partial charge on any atom is -0.507 e. The monoisotopic (exact) mass is 350 g/mol. The number of thiophene rings is 1. The molecule has 0 bridgehead atoms. The summed E-state index contributed by atoms with van der Waals surface area (Å²) < 4.78 is 1.14. The van der Waals surface area contributed by atoms with Crippen LogP contribution in [0.2, 0.25) is 0 Å². The van der Waals surface area contributed by atoms with Gasteiger partial charge in [0, 0.05) is 30.8 Å². The van der Waals surface area contributed by atoms with E-state index in [0.717, 1.165) is 21.0 Å². The number of halogens is 1. The third-order valence-electron chi connectivity index (χ3n) is 2.85. The number of hydrogen-bond donors (Lipinski definition) is 1. The van der Waals surface area contributed by atoms with E-state index in [1.807, 2.05) is 24.3 Å². The smallest absolute Gasteiger partial charge is 0.123 e. The molecule has 0 spiro atoms. The van der Waals surface area contributed by atoms with E-state index in [1.165, 1.54) is 9.77 Å². The Bertz CT molecular complexity index is 721. The van der Waals surface area contributed by atoms with Crippen LogP contribution in [0.1, 0.15) is 4.88 Å². The van der Waals surface area contributed by atoms with Crippen LogP contribution in [0.3, 0.4) is 0 Å². The highest BCUT2D eigenvalue weighted by molar-refractivity contribution is 9.10. The maximum atomic E-state index is 9.87. The molecular weight excluding hydrogens is 340 g/mol. The summed E-state index contributed by atoms with van der Waals surface area (Å²) in [4.78, 5) is 2.55. The van der Waals surface area contributed by atoms with Gasteiger partial charge < -0.3 is 5.11 Å². The van der Waals surface area contributed by atoms with Gasteiger partial charge in [-0.2, -0.15) is 0 Å². The van der Waals surface area contributed by atoms with Crippen LogP contribution in [0.4, 0.5) is 0 Å². The Kier molecular flexibility index (Phi) is 3.82. The number of phenols is 1. The topological polar surface area (TPSA) is 20.2 Å². The lowest BCUT2D eigenvalue weighted by Crippen LogP contribution is -1.80. The van der Waals surface area contributed by atoms with E-state index >= 15 is 0 Å². The molecule has 0 saturated heterocycles. The van der Waals surface area contributed by atoms with Crippen LogP contribution in [-0.2, 0) is 5.75 Å². The van der Waals surface area contributed by atoms with Crippen LogP contribution in [0.25, 0.3) is 10.8 Å². The molecular formula is C15H11BrOS2. The highest BCUT2D eigenvalue weighted by Gasteiger charge is 2.06. The van der Waals surface area contributed by atoms with Crippen molar-refractivity contribution in [2.75, 3.05) is 0 Å². The first-order chi connectivity index (χ1) is 9.24. The second-order valence-electron chi connectivity index (χ2n) is 4.15. The number of fused-ring (bicyclic) bond motifs is 1. The summed E-state index contributed by atoms with van der Waals surface area (Å²) >= 11 is 7.04. The summed E-state index contributed by atoms with van der Waals surface area (Å²) in [5.41, 5.74) is 0. The Morgan fingerprint density at radius 2 is 1.89 bits per heavy atom. The summed E-state index contributed by atoms with van der Waals surface area (Å²) in [6, 6.07) is 13.9. The minimum atomic E-state index is 0.346. The fourth-order valence-corrected chi connectivity index (χ4v) is 4.52. The molecule has 3 rings (SSSR count). The van der Waals surface area contributed by atoms with E-state index in [-0.39, 0.29) is 0 Å². The molecule has 0 saturated carbocycles. The van der Waals surface area contributed by atoms with Gasteiger partial charge in [0.1, 0.15) is 5.75 Å². The van der Waals surface area contributed by atoms with Gasteiger partial charge in [-0.1, -0.05) is 24.3 Å². The molecule has 0 atom stereocenters. The van der Waals surface area contributed by atoms with Gasteiger partial charge in [-0.3, -0.25) is 0 Å². The van der Waals surface area contributed by atoms with Crippen LogP contribution in [0, 0.1) is 0 Å². The number of thioether (sulfide) groups is 1. The van der Waals surface area contributed by atoms with Gasteiger partial charge in [0.25, 0.3) is 0 Å². The molecule has 4 heteroatoms. The molecule has 96 valence electrons. The largest absolute Gasteiger partial charge is 0.507 e. The highest BCUT2D eigenvalue weighted by Crippen LogP contribution is 2.35. The normalized spacial score (nSPS) is 11.0. The summed E-state index contributed by atoms with van der Waals surface area (Å²) in [5.74, 6) is 1.30. The van der Waals surface area contributed by atoms with Crippen molar-refractivity contribution in [2.45, 2.75) is 10.6 Å². The lowest BCUT2D eigenvalue weighted by molar-refractivity contribution is 0.481. The first-order valence-electron chi connectivity index (χ1n) is 5.80. The molecule has 1 heterocycles. The lowest BCUT2D eigenvalue weighted by Gasteiger charge is -2.07. The Morgan fingerprint density at radius 1 is 1.11 bits per heavy atom. The van der Waals surface area contributed by atoms with E-state index in [2.05, 4.69) is 33.4 Å². The van der Waals surface area contributed by atoms with E-state index in [0.29, 0.717) is 5.75 Å². The first-order valence-corrected chi connectivity index (χ1v) is 8.46. The van der Waals surface area contributed by atoms with Crippen molar-refractivity contribution in [1.82, 2.24) is 0 Å². The molecule has 3 aromatic rings. The predicted octanol–water partition coefficient (Wildman–Crippen LogP) is 5.66. The maximum absolute atomic E-state index is 9.87. The number of aromatic hydroxyl groups is 1. The Morgan fingerprint density at radius 3 is 2.63 bits per heavy atom. The average molecular weight is 351 g/mol. The lowest BCUT2D eigenvalue weighted by atomic mass is 10.1. The minimum absolute atomic E-state index is 0.346. The van der Waals surface area contributed by atoms with Crippen LogP contribution in [0.5, 0.6) is 5.75 Å². The second kappa shape index (κ2) is 5.57. The fraction of sp³-hybridized carbons (Fsp3) is 0.0667. The number of hydrogen-bond acceptors (Lipinski definition) is 3. The predicted molar refractivity (Wildman–Crippen MR) is 87.2 cm³/mol. The van der Waals surface area contributed by atoms with Crippen LogP contribution in [0.15, 0.2) is 57.2 Å². The third-order valence-corrected chi connectivity index (χ3v) is 5.86. The quantitative estimate of drug-likeness (QED) is 0.614. The van der Waals surface area contributed by atoms with Gasteiger partial charge in [0.05, 0.1) is 0 Å². The maximum Gasteiger partial charge on any atom is 0.123 e. The summed E-state index contributed by atoms with van der Waals surface area (Å²) in [6.07, 6.45) is 0. The van der Waals surface area contributed by atoms with Gasteiger partial charge in [0.15, 0.2) is 0 Å². The van der Waals surface area contributed by atoms with Crippen molar-refractivity contribution in [3.05, 3.63) is 57.2 Å². The number of phenolic OH excluding ortho intramolecular Hbond substituents is 1. The highest BCUT2D eigenvalue weighted by atomic mass is 79.9. The van der Waals surface area contributed by atoms with Crippen molar-refractivity contribution in [1.29, 1.82) is 0 Å². The van der Waals surface area contributed by atoms with E-state index in [9.17, 15) is 5.11 Å². The molecule has 19 heavy (non-hydrogen) atoms. The van der Waals surface area contributed by atoms with Crippen molar-refractivity contribution in [3.8, 4) is 5.75 Å². The van der Waals surface area contributed by atoms with Crippen LogP contribution < -0.4 is 0 Å². The third kappa shape index (κ3) is 2.81. The van der Waals surface area contributed by atoms with Gasteiger partial charge in [-0.05, 0) is 39.5 Å². The average Bonchev–Trinajstić information content (AvgIpc) is 2.84. The molecule has 1 N–H and O–H groups in total. The first kappa shape index (κ1) is 13.0. The van der Waals surface area contributed by atoms with E-state index in [4.69, 9.17) is 0 Å². The molecule has 0 fully saturated rings. The molecule has 0 aliphatic rings. The molecule has 0 aliphatic heterocycles. The molecule has 1 nitrogen and oxygen atoms in total. The zero-order valence-corrected chi connectivity index (χ0v) is 13.2. The Hall–Kier alpha value is -0.970. The molecule has 1 aromatic heterocycles. The second-order valence-corrected chi connectivity index (χ2v) is 7.08. The van der Waals surface area contributed by atoms with Crippen molar-refractivity contribution in [3.63, 3.8) is 0 Å². The molecule has 0 aliphatic carbocycles. The van der Waals surface area contributed by atoms with Crippen LogP contribution in [-0.4, -0.2) is 5.11 Å². The Balaban J connectivity index is 1.91. The number of rotatable bonds is 3. The molecule has 0 unspecified atom stereocenters. The number of benzene rings is 2. The zero-order valence-electron chi connectivity index (χ0n) is 9.97. The van der Waals surface area contributed by atoms with Crippen molar-refractivity contribution < 1.29 is 5.11 Å². The fourth-order valence-electron chi connectivity index (χ4n) is 1.96. The molecule has 0 amide bonds. The van der Waals surface area contributed by atoms with Crippen molar-refractivity contribution in [2.24, 2.45) is 0 Å². The summed E-state index contributed by atoms with van der Waals surface area (Å²) in [6.45, 7) is 0. The standard InChI is InChI=1S/C15H11BrOS2/c16-10-7-11(18-8-10)9-19-15-6-5-14(17)12-3-1-2-4-13(12)15/h1-8,17H,9H2. The van der Waals surface area contributed by atoms with Gasteiger partial charge >= 0.3 is 0 Å². The summed E-state index contributed by atoms with van der Waals surface area (Å²) in [5, 5.41) is 14.0.